The fourth-order valence-corrected chi connectivity index (χ4v) is 1.41. The summed E-state index contributed by atoms with van der Waals surface area (Å²) >= 11 is 3.22. The van der Waals surface area contributed by atoms with Gasteiger partial charge in [-0.05, 0) is 22.0 Å². The van der Waals surface area contributed by atoms with Gasteiger partial charge in [0, 0.05) is 24.3 Å². The van der Waals surface area contributed by atoms with E-state index in [-0.39, 0.29) is 18.9 Å². The highest BCUT2D eigenvalue weighted by atomic mass is 79.9. The second-order valence-electron chi connectivity index (χ2n) is 3.10. The maximum atomic E-state index is 11.7. The Hall–Kier alpha value is -1.30. The van der Waals surface area contributed by atoms with E-state index in [0.717, 1.165) is 4.47 Å². The van der Waals surface area contributed by atoms with Gasteiger partial charge in [0.1, 0.15) is 5.69 Å². The zero-order valence-electron chi connectivity index (χ0n) is 8.16. The smallest absolute Gasteiger partial charge is 0.305 e. The van der Waals surface area contributed by atoms with E-state index in [1.54, 1.807) is 19.3 Å². The van der Waals surface area contributed by atoms with E-state index in [2.05, 4.69) is 20.9 Å². The number of nitrogens with one attached hydrogen (secondary N) is 1. The Morgan fingerprint density at radius 1 is 1.60 bits per heavy atom. The van der Waals surface area contributed by atoms with E-state index in [9.17, 15) is 9.59 Å². The molecule has 6 heteroatoms. The zero-order chi connectivity index (χ0) is 11.4. The first-order chi connectivity index (χ1) is 7.00. The van der Waals surface area contributed by atoms with Crippen LogP contribution in [0.5, 0.6) is 0 Å². The third-order valence-corrected chi connectivity index (χ3v) is 2.34. The number of amides is 1. The first-order valence-electron chi connectivity index (χ1n) is 4.32. The molecule has 1 rings (SSSR count). The van der Waals surface area contributed by atoms with E-state index in [1.807, 2.05) is 0 Å². The predicted octanol–water partition coefficient (Wildman–Crippen LogP) is 1.32. The first-order valence-corrected chi connectivity index (χ1v) is 5.11. The molecule has 2 N–H and O–H groups in total. The van der Waals surface area contributed by atoms with Gasteiger partial charge in [-0.2, -0.15) is 0 Å². The largest absolute Gasteiger partial charge is 0.481 e. The number of hydrogen-bond donors (Lipinski definition) is 2. The summed E-state index contributed by atoms with van der Waals surface area (Å²) in [6.45, 7) is 0.199. The number of nitrogens with zero attached hydrogens (tertiary/aromatic N) is 1. The summed E-state index contributed by atoms with van der Waals surface area (Å²) in [4.78, 5) is 26.1. The second kappa shape index (κ2) is 4.97. The summed E-state index contributed by atoms with van der Waals surface area (Å²) < 4.78 is 0.789. The molecule has 0 unspecified atom stereocenters. The summed E-state index contributed by atoms with van der Waals surface area (Å²) in [5, 5.41) is 8.47. The maximum absolute atomic E-state index is 11.7. The van der Waals surface area contributed by atoms with Gasteiger partial charge in [0.2, 0.25) is 0 Å². The van der Waals surface area contributed by atoms with Gasteiger partial charge in [-0.1, -0.05) is 0 Å². The number of aromatic amines is 1. The van der Waals surface area contributed by atoms with Crippen LogP contribution in [0, 0.1) is 0 Å². The van der Waals surface area contributed by atoms with Gasteiger partial charge in [0.25, 0.3) is 5.91 Å². The van der Waals surface area contributed by atoms with Gasteiger partial charge in [-0.15, -0.1) is 0 Å². The molecule has 1 aromatic rings. The second-order valence-corrected chi connectivity index (χ2v) is 4.02. The number of aromatic nitrogens is 1. The van der Waals surface area contributed by atoms with Crippen molar-refractivity contribution in [3.05, 3.63) is 22.4 Å². The van der Waals surface area contributed by atoms with Gasteiger partial charge >= 0.3 is 5.97 Å². The van der Waals surface area contributed by atoms with Crippen molar-refractivity contribution in [1.29, 1.82) is 0 Å². The molecule has 0 saturated heterocycles. The molecule has 1 amide bonds. The summed E-state index contributed by atoms with van der Waals surface area (Å²) in [6.07, 6.45) is 1.60. The van der Waals surface area contributed by atoms with Crippen LogP contribution in [0.4, 0.5) is 0 Å². The van der Waals surface area contributed by atoms with Gasteiger partial charge in [-0.25, -0.2) is 0 Å². The maximum Gasteiger partial charge on any atom is 0.305 e. The molecule has 0 bridgehead atoms. The minimum atomic E-state index is -0.915. The van der Waals surface area contributed by atoms with Crippen LogP contribution in [0.25, 0.3) is 0 Å². The molecule has 0 saturated carbocycles. The van der Waals surface area contributed by atoms with Crippen LogP contribution in [0.1, 0.15) is 16.9 Å². The average molecular weight is 275 g/mol. The molecule has 0 aliphatic carbocycles. The van der Waals surface area contributed by atoms with Crippen LogP contribution in [0.15, 0.2) is 16.7 Å². The third kappa shape index (κ3) is 3.39. The van der Waals surface area contributed by atoms with Crippen LogP contribution in [-0.2, 0) is 4.79 Å². The monoisotopic (exact) mass is 274 g/mol. The normalized spacial score (nSPS) is 10.0. The standard InChI is InChI=1S/C9H11BrN2O3/c1-12(3-2-8(13)14)9(15)7-4-6(10)5-11-7/h4-5,11H,2-3H2,1H3,(H,13,14). The molecule has 0 fully saturated rings. The lowest BCUT2D eigenvalue weighted by Gasteiger charge is -2.14. The number of carbonyl (C=O) groups is 2. The summed E-state index contributed by atoms with van der Waals surface area (Å²) in [5.74, 6) is -1.13. The molecule has 0 aromatic carbocycles. The fourth-order valence-electron chi connectivity index (χ4n) is 1.06. The Morgan fingerprint density at radius 3 is 2.73 bits per heavy atom. The zero-order valence-corrected chi connectivity index (χ0v) is 9.74. The Kier molecular flexibility index (Phi) is 3.90. The number of halogens is 1. The quantitative estimate of drug-likeness (QED) is 0.870. The number of hydrogen-bond acceptors (Lipinski definition) is 2. The Morgan fingerprint density at radius 2 is 2.27 bits per heavy atom. The topological polar surface area (TPSA) is 73.4 Å². The summed E-state index contributed by atoms with van der Waals surface area (Å²) in [6, 6.07) is 1.65. The van der Waals surface area contributed by atoms with Crippen molar-refractivity contribution in [3.63, 3.8) is 0 Å². The van der Waals surface area contributed by atoms with Crippen molar-refractivity contribution >= 4 is 27.8 Å². The van der Waals surface area contributed by atoms with Crippen molar-refractivity contribution in [3.8, 4) is 0 Å². The molecule has 0 radical (unpaired) electrons. The van der Waals surface area contributed by atoms with E-state index in [4.69, 9.17) is 5.11 Å². The molecule has 0 atom stereocenters. The van der Waals surface area contributed by atoms with Crippen LogP contribution < -0.4 is 0 Å². The molecule has 1 aromatic heterocycles. The van der Waals surface area contributed by atoms with E-state index < -0.39 is 5.97 Å². The van der Waals surface area contributed by atoms with Crippen molar-refractivity contribution in [2.24, 2.45) is 0 Å². The minimum Gasteiger partial charge on any atom is -0.481 e. The Balaban J connectivity index is 2.57. The lowest BCUT2D eigenvalue weighted by molar-refractivity contribution is -0.137. The SMILES string of the molecule is CN(CCC(=O)O)C(=O)c1cc(Br)c[nH]1. The van der Waals surface area contributed by atoms with Crippen LogP contribution >= 0.6 is 15.9 Å². The molecule has 15 heavy (non-hydrogen) atoms. The van der Waals surface area contributed by atoms with Crippen molar-refractivity contribution in [2.45, 2.75) is 6.42 Å². The van der Waals surface area contributed by atoms with Crippen molar-refractivity contribution < 1.29 is 14.7 Å². The van der Waals surface area contributed by atoms with Crippen molar-refractivity contribution in [2.75, 3.05) is 13.6 Å². The number of carbonyl (C=O) groups excluding carboxylic acids is 1. The van der Waals surface area contributed by atoms with Gasteiger partial charge < -0.3 is 15.0 Å². The molecule has 1 heterocycles. The molecular formula is C9H11BrN2O3. The lowest BCUT2D eigenvalue weighted by atomic mass is 10.3. The molecule has 0 aliphatic rings. The minimum absolute atomic E-state index is 0.0515. The van der Waals surface area contributed by atoms with E-state index in [1.165, 1.54) is 4.90 Å². The highest BCUT2D eigenvalue weighted by molar-refractivity contribution is 9.10. The molecule has 0 spiro atoms. The molecule has 0 aliphatic heterocycles. The third-order valence-electron chi connectivity index (χ3n) is 1.89. The lowest BCUT2D eigenvalue weighted by Crippen LogP contribution is -2.29. The Labute approximate surface area is 95.2 Å². The van der Waals surface area contributed by atoms with E-state index in [0.29, 0.717) is 5.69 Å². The van der Waals surface area contributed by atoms with Crippen LogP contribution in [-0.4, -0.2) is 40.5 Å². The van der Waals surface area contributed by atoms with E-state index >= 15 is 0 Å². The van der Waals surface area contributed by atoms with Crippen molar-refractivity contribution in [1.82, 2.24) is 9.88 Å². The molecule has 5 nitrogen and oxygen atoms in total. The molecule has 82 valence electrons. The number of H-pyrrole nitrogens is 1. The number of rotatable bonds is 4. The number of aliphatic carboxylic acids is 1. The molecular weight excluding hydrogens is 264 g/mol. The summed E-state index contributed by atoms with van der Waals surface area (Å²) in [7, 11) is 1.57. The predicted molar refractivity (Wildman–Crippen MR) is 57.7 cm³/mol. The average Bonchev–Trinajstić information content (AvgIpc) is 2.60. The number of carboxylic acids is 1. The first kappa shape index (κ1) is 11.8. The number of carboxylic acid groups (broad SMARTS) is 1. The van der Waals surface area contributed by atoms with Gasteiger partial charge in [0.15, 0.2) is 0 Å². The highest BCUT2D eigenvalue weighted by Gasteiger charge is 2.13. The van der Waals surface area contributed by atoms with Gasteiger partial charge in [0.05, 0.1) is 6.42 Å². The van der Waals surface area contributed by atoms with Gasteiger partial charge in [-0.3, -0.25) is 9.59 Å². The fraction of sp³-hybridized carbons (Fsp3) is 0.333. The highest BCUT2D eigenvalue weighted by Crippen LogP contribution is 2.11. The van der Waals surface area contributed by atoms with Crippen LogP contribution in [0.2, 0.25) is 0 Å². The van der Waals surface area contributed by atoms with Crippen LogP contribution in [0.3, 0.4) is 0 Å². The Bertz CT molecular complexity index is 375. The summed E-state index contributed by atoms with van der Waals surface area (Å²) in [5.41, 5.74) is 0.440.